The fourth-order valence-electron chi connectivity index (χ4n) is 3.73. The SMILES string of the molecule is Cc1ccc(-c2cc(S(C)(=O)=O)ccc2OCc2ccc(F)cc2Cl)n1-c1cccc(C(=O)O)c1. The molecule has 4 aromatic rings. The third kappa shape index (κ3) is 5.23. The van der Waals surface area contributed by atoms with Gasteiger partial charge in [0.1, 0.15) is 18.2 Å². The molecule has 0 atom stereocenters. The average molecular weight is 514 g/mol. The maximum absolute atomic E-state index is 13.4. The molecule has 35 heavy (non-hydrogen) atoms. The van der Waals surface area contributed by atoms with Crippen LogP contribution in [0.5, 0.6) is 5.75 Å². The van der Waals surface area contributed by atoms with Gasteiger partial charge in [-0.15, -0.1) is 0 Å². The minimum Gasteiger partial charge on any atom is -0.488 e. The summed E-state index contributed by atoms with van der Waals surface area (Å²) < 4.78 is 45.9. The number of benzene rings is 3. The summed E-state index contributed by atoms with van der Waals surface area (Å²) in [4.78, 5) is 11.6. The first-order chi connectivity index (χ1) is 16.5. The largest absolute Gasteiger partial charge is 0.488 e. The molecule has 0 aliphatic heterocycles. The number of hydrogen-bond donors (Lipinski definition) is 1. The van der Waals surface area contributed by atoms with Gasteiger partial charge in [-0.1, -0.05) is 23.7 Å². The van der Waals surface area contributed by atoms with E-state index in [2.05, 4.69) is 0 Å². The maximum atomic E-state index is 13.4. The van der Waals surface area contributed by atoms with Crippen LogP contribution in [0.1, 0.15) is 21.6 Å². The molecule has 0 amide bonds. The van der Waals surface area contributed by atoms with E-state index in [1.165, 1.54) is 42.5 Å². The second-order valence-corrected chi connectivity index (χ2v) is 10.4. The summed E-state index contributed by atoms with van der Waals surface area (Å²) in [5.74, 6) is -1.14. The average Bonchev–Trinajstić information content (AvgIpc) is 3.19. The van der Waals surface area contributed by atoms with Crippen LogP contribution in [0.15, 0.2) is 77.7 Å². The molecule has 0 saturated carbocycles. The molecule has 0 unspecified atom stereocenters. The number of carboxylic acid groups (broad SMARTS) is 1. The van der Waals surface area contributed by atoms with E-state index < -0.39 is 21.6 Å². The van der Waals surface area contributed by atoms with Crippen molar-refractivity contribution in [1.29, 1.82) is 0 Å². The van der Waals surface area contributed by atoms with Crippen molar-refractivity contribution < 1.29 is 27.4 Å². The number of rotatable bonds is 7. The Labute approximate surface area is 207 Å². The molecule has 0 radical (unpaired) electrons. The third-order valence-electron chi connectivity index (χ3n) is 5.48. The number of sulfone groups is 1. The van der Waals surface area contributed by atoms with Gasteiger partial charge < -0.3 is 14.4 Å². The van der Waals surface area contributed by atoms with Crippen LogP contribution in [0.2, 0.25) is 5.02 Å². The van der Waals surface area contributed by atoms with Crippen LogP contribution < -0.4 is 4.74 Å². The quantitative estimate of drug-likeness (QED) is 0.331. The lowest BCUT2D eigenvalue weighted by Gasteiger charge is -2.17. The summed E-state index contributed by atoms with van der Waals surface area (Å²) in [6.07, 6.45) is 1.12. The molecule has 0 spiro atoms. The molecule has 6 nitrogen and oxygen atoms in total. The Hall–Kier alpha value is -3.62. The Morgan fingerprint density at radius 1 is 1.06 bits per heavy atom. The molecule has 3 aromatic carbocycles. The number of ether oxygens (including phenoxy) is 1. The molecule has 1 heterocycles. The van der Waals surface area contributed by atoms with Gasteiger partial charge in [0.25, 0.3) is 0 Å². The van der Waals surface area contributed by atoms with Gasteiger partial charge in [-0.25, -0.2) is 17.6 Å². The Morgan fingerprint density at radius 3 is 2.51 bits per heavy atom. The van der Waals surface area contributed by atoms with Gasteiger partial charge in [0.2, 0.25) is 0 Å². The van der Waals surface area contributed by atoms with Gasteiger partial charge in [0.15, 0.2) is 9.84 Å². The van der Waals surface area contributed by atoms with Crippen LogP contribution in [0, 0.1) is 12.7 Å². The summed E-state index contributed by atoms with van der Waals surface area (Å²) in [6, 6.07) is 18.6. The molecule has 1 aromatic heterocycles. The number of carboxylic acids is 1. The highest BCUT2D eigenvalue weighted by Crippen LogP contribution is 2.36. The first-order valence-electron chi connectivity index (χ1n) is 10.5. The third-order valence-corrected chi connectivity index (χ3v) is 6.94. The predicted octanol–water partition coefficient (Wildman–Crippen LogP) is 5.93. The number of nitrogens with zero attached hydrogens (tertiary/aromatic N) is 1. The fraction of sp³-hybridized carbons (Fsp3) is 0.115. The van der Waals surface area contributed by atoms with E-state index in [9.17, 15) is 22.7 Å². The lowest BCUT2D eigenvalue weighted by molar-refractivity contribution is 0.0697. The van der Waals surface area contributed by atoms with Crippen molar-refractivity contribution in [3.63, 3.8) is 0 Å². The van der Waals surface area contributed by atoms with Crippen LogP contribution in [0.4, 0.5) is 4.39 Å². The monoisotopic (exact) mass is 513 g/mol. The normalized spacial score (nSPS) is 11.4. The Morgan fingerprint density at radius 2 is 1.83 bits per heavy atom. The molecule has 0 aliphatic carbocycles. The molecule has 0 aliphatic rings. The maximum Gasteiger partial charge on any atom is 0.335 e. The summed E-state index contributed by atoms with van der Waals surface area (Å²) in [5, 5.41) is 9.63. The van der Waals surface area contributed by atoms with Crippen LogP contribution in [-0.4, -0.2) is 30.3 Å². The zero-order valence-electron chi connectivity index (χ0n) is 18.8. The van der Waals surface area contributed by atoms with Crippen LogP contribution in [-0.2, 0) is 16.4 Å². The number of hydrogen-bond acceptors (Lipinski definition) is 4. The molecular weight excluding hydrogens is 493 g/mol. The summed E-state index contributed by atoms with van der Waals surface area (Å²) in [6.45, 7) is 1.88. The van der Waals surface area contributed by atoms with E-state index in [1.807, 2.05) is 23.6 Å². The summed E-state index contributed by atoms with van der Waals surface area (Å²) in [5.41, 5.74) is 3.18. The van der Waals surface area contributed by atoms with Crippen molar-refractivity contribution in [2.75, 3.05) is 6.26 Å². The van der Waals surface area contributed by atoms with E-state index in [1.54, 1.807) is 18.2 Å². The minimum atomic E-state index is -3.52. The number of carbonyl (C=O) groups is 1. The Bertz CT molecular complexity index is 1550. The van der Waals surface area contributed by atoms with Gasteiger partial charge >= 0.3 is 5.97 Å². The van der Waals surface area contributed by atoms with Crippen molar-refractivity contribution in [3.05, 3.63) is 100 Å². The zero-order valence-corrected chi connectivity index (χ0v) is 20.4. The van der Waals surface area contributed by atoms with Crippen molar-refractivity contribution in [1.82, 2.24) is 4.57 Å². The molecule has 180 valence electrons. The number of aromatic carboxylic acids is 1. The molecule has 0 saturated heterocycles. The smallest absolute Gasteiger partial charge is 0.335 e. The van der Waals surface area contributed by atoms with Crippen molar-refractivity contribution in [2.45, 2.75) is 18.4 Å². The summed E-state index contributed by atoms with van der Waals surface area (Å²) >= 11 is 6.14. The number of aromatic nitrogens is 1. The van der Waals surface area contributed by atoms with E-state index in [-0.39, 0.29) is 22.1 Å². The highest BCUT2D eigenvalue weighted by Gasteiger charge is 2.19. The van der Waals surface area contributed by atoms with E-state index >= 15 is 0 Å². The van der Waals surface area contributed by atoms with Gasteiger partial charge in [0, 0.05) is 28.8 Å². The molecule has 4 rings (SSSR count). The minimum absolute atomic E-state index is 0.0263. The summed E-state index contributed by atoms with van der Waals surface area (Å²) in [7, 11) is -3.52. The number of aryl methyl sites for hydroxylation is 1. The van der Waals surface area contributed by atoms with E-state index in [0.717, 1.165) is 11.9 Å². The molecule has 0 bridgehead atoms. The van der Waals surface area contributed by atoms with Crippen LogP contribution in [0.25, 0.3) is 16.9 Å². The Balaban J connectivity index is 1.84. The second kappa shape index (κ2) is 9.56. The lowest BCUT2D eigenvalue weighted by Crippen LogP contribution is -2.05. The topological polar surface area (TPSA) is 85.6 Å². The lowest BCUT2D eigenvalue weighted by atomic mass is 10.1. The van der Waals surface area contributed by atoms with Crippen LogP contribution >= 0.6 is 11.6 Å². The second-order valence-electron chi connectivity index (χ2n) is 8.01. The Kier molecular flexibility index (Phi) is 6.69. The van der Waals surface area contributed by atoms with Crippen LogP contribution in [0.3, 0.4) is 0 Å². The van der Waals surface area contributed by atoms with Gasteiger partial charge in [-0.05, 0) is 67.6 Å². The highest BCUT2D eigenvalue weighted by atomic mass is 35.5. The van der Waals surface area contributed by atoms with Crippen molar-refractivity contribution >= 4 is 27.4 Å². The highest BCUT2D eigenvalue weighted by molar-refractivity contribution is 7.90. The van der Waals surface area contributed by atoms with Crippen molar-refractivity contribution in [3.8, 4) is 22.7 Å². The fourth-order valence-corrected chi connectivity index (χ4v) is 4.60. The molecular formula is C26H21ClFNO5S. The van der Waals surface area contributed by atoms with E-state index in [0.29, 0.717) is 28.3 Å². The first kappa shape index (κ1) is 24.5. The number of halogens is 2. The van der Waals surface area contributed by atoms with Gasteiger partial charge in [0.05, 0.1) is 21.2 Å². The molecule has 9 heteroatoms. The van der Waals surface area contributed by atoms with E-state index in [4.69, 9.17) is 16.3 Å². The first-order valence-corrected chi connectivity index (χ1v) is 12.7. The molecule has 1 N–H and O–H groups in total. The van der Waals surface area contributed by atoms with Gasteiger partial charge in [-0.3, -0.25) is 0 Å². The van der Waals surface area contributed by atoms with Gasteiger partial charge in [-0.2, -0.15) is 0 Å². The molecule has 0 fully saturated rings. The zero-order chi connectivity index (χ0) is 25.3. The predicted molar refractivity (Wildman–Crippen MR) is 132 cm³/mol. The standard InChI is InChI=1S/C26H21ClFNO5S/c1-16-6-10-24(29(16)20-5-3-4-17(12-20)26(30)31)22-14-21(35(2,32)33)9-11-25(22)34-15-18-7-8-19(28)13-23(18)27/h3-14H,15H2,1-2H3,(H,30,31). The van der Waals surface area contributed by atoms with Crippen molar-refractivity contribution in [2.24, 2.45) is 0 Å².